The summed E-state index contributed by atoms with van der Waals surface area (Å²) in [5, 5.41) is 3.64. The van der Waals surface area contributed by atoms with Gasteiger partial charge in [-0.2, -0.15) is 0 Å². The van der Waals surface area contributed by atoms with Gasteiger partial charge in [0.15, 0.2) is 11.5 Å². The van der Waals surface area contributed by atoms with E-state index in [1.807, 2.05) is 12.4 Å². The van der Waals surface area contributed by atoms with Crippen LogP contribution >= 0.6 is 0 Å². The monoisotopic (exact) mass is 361 g/mol. The molecule has 0 bridgehead atoms. The average molecular weight is 361 g/mol. The average Bonchev–Trinajstić information content (AvgIpc) is 2.74. The van der Waals surface area contributed by atoms with Gasteiger partial charge >= 0.3 is 0 Å². The first-order chi connectivity index (χ1) is 13.3. The predicted molar refractivity (Wildman–Crippen MR) is 105 cm³/mol. The van der Waals surface area contributed by atoms with Crippen molar-refractivity contribution in [1.82, 2.24) is 15.3 Å². The molecule has 1 N–H and O–H groups in total. The number of hydrogen-bond donors (Lipinski definition) is 1. The molecule has 1 aliphatic rings. The van der Waals surface area contributed by atoms with Gasteiger partial charge in [0.2, 0.25) is 0 Å². The molecule has 0 amide bonds. The van der Waals surface area contributed by atoms with E-state index in [0.29, 0.717) is 0 Å². The fraction of sp³-hybridized carbons (Fsp3) is 0.273. The Morgan fingerprint density at radius 2 is 1.67 bits per heavy atom. The Bertz CT molecular complexity index is 911. The molecular weight excluding hydrogens is 338 g/mol. The second kappa shape index (κ2) is 7.76. The summed E-state index contributed by atoms with van der Waals surface area (Å²) in [4.78, 5) is 8.18. The minimum atomic E-state index is 0.263. The summed E-state index contributed by atoms with van der Waals surface area (Å²) in [5.41, 5.74) is 6.06. The van der Waals surface area contributed by atoms with E-state index in [1.165, 1.54) is 16.7 Å². The van der Waals surface area contributed by atoms with Crippen LogP contribution < -0.4 is 14.8 Å². The fourth-order valence-electron chi connectivity index (χ4n) is 3.67. The maximum Gasteiger partial charge on any atom is 0.161 e. The number of hydrogen-bond acceptors (Lipinski definition) is 5. The highest BCUT2D eigenvalue weighted by Crippen LogP contribution is 2.36. The normalized spacial score (nSPS) is 15.9. The zero-order chi connectivity index (χ0) is 18.6. The lowest BCUT2D eigenvalue weighted by Crippen LogP contribution is -2.31. The fourth-order valence-corrected chi connectivity index (χ4v) is 3.67. The van der Waals surface area contributed by atoms with E-state index in [1.54, 1.807) is 20.5 Å². The van der Waals surface area contributed by atoms with Crippen molar-refractivity contribution < 1.29 is 9.47 Å². The van der Waals surface area contributed by atoms with E-state index in [4.69, 9.17) is 9.47 Å². The smallest absolute Gasteiger partial charge is 0.161 e. The third-order valence-electron chi connectivity index (χ3n) is 5.09. The Hall–Kier alpha value is -2.92. The van der Waals surface area contributed by atoms with Gasteiger partial charge in [-0.15, -0.1) is 0 Å². The van der Waals surface area contributed by atoms with Crippen molar-refractivity contribution in [2.45, 2.75) is 18.9 Å². The Balaban J connectivity index is 1.57. The molecule has 0 aliphatic carbocycles. The Morgan fingerprint density at radius 1 is 0.963 bits per heavy atom. The third-order valence-corrected chi connectivity index (χ3v) is 5.09. The summed E-state index contributed by atoms with van der Waals surface area (Å²) in [6, 6.07) is 13.1. The lowest BCUT2D eigenvalue weighted by molar-refractivity contribution is 0.352. The molecule has 0 spiro atoms. The SMILES string of the molecule is COc1cc2c(cc1OC)C(Cc1ccc(-c3cncnc3)cc1)NCC2. The van der Waals surface area contributed by atoms with Crippen LogP contribution in [0.15, 0.2) is 55.1 Å². The first-order valence-corrected chi connectivity index (χ1v) is 9.11. The van der Waals surface area contributed by atoms with E-state index in [9.17, 15) is 0 Å². The van der Waals surface area contributed by atoms with Crippen molar-refractivity contribution in [3.63, 3.8) is 0 Å². The molecule has 0 saturated carbocycles. The highest BCUT2D eigenvalue weighted by Gasteiger charge is 2.22. The first-order valence-electron chi connectivity index (χ1n) is 9.11. The number of nitrogens with zero attached hydrogens (tertiary/aromatic N) is 2. The van der Waals surface area contributed by atoms with E-state index >= 15 is 0 Å². The largest absolute Gasteiger partial charge is 0.493 e. The van der Waals surface area contributed by atoms with Crippen molar-refractivity contribution in [2.75, 3.05) is 20.8 Å². The van der Waals surface area contributed by atoms with Gasteiger partial charge in [-0.1, -0.05) is 24.3 Å². The third kappa shape index (κ3) is 3.64. The molecule has 3 aromatic rings. The maximum atomic E-state index is 5.50. The molecule has 1 aromatic heterocycles. The lowest BCUT2D eigenvalue weighted by Gasteiger charge is -2.28. The number of fused-ring (bicyclic) bond motifs is 1. The maximum absolute atomic E-state index is 5.50. The summed E-state index contributed by atoms with van der Waals surface area (Å²) in [5.74, 6) is 1.58. The van der Waals surface area contributed by atoms with Crippen molar-refractivity contribution in [2.24, 2.45) is 0 Å². The Kier molecular flexibility index (Phi) is 5.03. The molecule has 2 heterocycles. The second-order valence-corrected chi connectivity index (χ2v) is 6.69. The minimum absolute atomic E-state index is 0.263. The van der Waals surface area contributed by atoms with Crippen LogP contribution in [0, 0.1) is 0 Å². The lowest BCUT2D eigenvalue weighted by atomic mass is 9.89. The van der Waals surface area contributed by atoms with Crippen LogP contribution in [-0.4, -0.2) is 30.7 Å². The Labute approximate surface area is 159 Å². The molecule has 0 fully saturated rings. The van der Waals surface area contributed by atoms with E-state index < -0.39 is 0 Å². The number of ether oxygens (including phenoxy) is 2. The van der Waals surface area contributed by atoms with Crippen LogP contribution in [0.3, 0.4) is 0 Å². The van der Waals surface area contributed by atoms with Crippen LogP contribution in [0.1, 0.15) is 22.7 Å². The summed E-state index contributed by atoms with van der Waals surface area (Å²) in [6.45, 7) is 0.965. The standard InChI is InChI=1S/C22H23N3O2/c1-26-21-10-17-7-8-25-20(19(17)11-22(21)27-2)9-15-3-5-16(6-4-15)18-12-23-14-24-13-18/h3-6,10-14,20,25H,7-9H2,1-2H3. The molecule has 1 aliphatic heterocycles. The van der Waals surface area contributed by atoms with Crippen molar-refractivity contribution >= 4 is 0 Å². The van der Waals surface area contributed by atoms with E-state index in [-0.39, 0.29) is 6.04 Å². The van der Waals surface area contributed by atoms with Crippen LogP contribution in [-0.2, 0) is 12.8 Å². The highest BCUT2D eigenvalue weighted by atomic mass is 16.5. The quantitative estimate of drug-likeness (QED) is 0.753. The predicted octanol–water partition coefficient (Wildman–Crippen LogP) is 3.59. The molecule has 0 radical (unpaired) electrons. The molecule has 4 rings (SSSR count). The first kappa shape index (κ1) is 17.5. The summed E-state index contributed by atoms with van der Waals surface area (Å²) in [7, 11) is 3.36. The Morgan fingerprint density at radius 3 is 2.37 bits per heavy atom. The molecule has 138 valence electrons. The summed E-state index contributed by atoms with van der Waals surface area (Å²) < 4.78 is 11.0. The summed E-state index contributed by atoms with van der Waals surface area (Å²) in [6.07, 6.45) is 7.14. The van der Waals surface area contributed by atoms with Gasteiger partial charge in [-0.25, -0.2) is 9.97 Å². The van der Waals surface area contributed by atoms with Crippen LogP contribution in [0.2, 0.25) is 0 Å². The molecule has 5 heteroatoms. The molecule has 1 unspecified atom stereocenters. The number of nitrogens with one attached hydrogen (secondary N) is 1. The van der Waals surface area contributed by atoms with Gasteiger partial charge in [0.25, 0.3) is 0 Å². The zero-order valence-electron chi connectivity index (χ0n) is 15.6. The van der Waals surface area contributed by atoms with Gasteiger partial charge in [0.05, 0.1) is 14.2 Å². The topological polar surface area (TPSA) is 56.3 Å². The van der Waals surface area contributed by atoms with Crippen molar-refractivity contribution in [3.05, 3.63) is 71.8 Å². The van der Waals surface area contributed by atoms with Crippen molar-refractivity contribution in [3.8, 4) is 22.6 Å². The second-order valence-electron chi connectivity index (χ2n) is 6.69. The van der Waals surface area contributed by atoms with E-state index in [2.05, 4.69) is 51.7 Å². The zero-order valence-corrected chi connectivity index (χ0v) is 15.6. The molecule has 0 saturated heterocycles. The van der Waals surface area contributed by atoms with Gasteiger partial charge in [0.1, 0.15) is 6.33 Å². The number of benzene rings is 2. The summed E-state index contributed by atoms with van der Waals surface area (Å²) >= 11 is 0. The van der Waals surface area contributed by atoms with E-state index in [0.717, 1.165) is 42.0 Å². The molecule has 5 nitrogen and oxygen atoms in total. The van der Waals surface area contributed by atoms with Crippen molar-refractivity contribution in [1.29, 1.82) is 0 Å². The van der Waals surface area contributed by atoms with Crippen LogP contribution in [0.4, 0.5) is 0 Å². The number of aromatic nitrogens is 2. The molecule has 1 atom stereocenters. The number of methoxy groups -OCH3 is 2. The van der Waals surface area contributed by atoms with Gasteiger partial charge in [-0.3, -0.25) is 0 Å². The molecule has 2 aromatic carbocycles. The van der Waals surface area contributed by atoms with Crippen LogP contribution in [0.25, 0.3) is 11.1 Å². The van der Waals surface area contributed by atoms with Crippen LogP contribution in [0.5, 0.6) is 11.5 Å². The minimum Gasteiger partial charge on any atom is -0.493 e. The molecule has 27 heavy (non-hydrogen) atoms. The number of rotatable bonds is 5. The molecular formula is C22H23N3O2. The van der Waals surface area contributed by atoms with Gasteiger partial charge in [0, 0.05) is 24.0 Å². The van der Waals surface area contributed by atoms with Gasteiger partial charge in [-0.05, 0) is 53.8 Å². The van der Waals surface area contributed by atoms with Gasteiger partial charge < -0.3 is 14.8 Å². The highest BCUT2D eigenvalue weighted by molar-refractivity contribution is 5.61.